The van der Waals surface area contributed by atoms with E-state index in [1.165, 1.54) is 32.2 Å². The van der Waals surface area contributed by atoms with E-state index in [4.69, 9.17) is 0 Å². The van der Waals surface area contributed by atoms with Crippen molar-refractivity contribution in [2.24, 2.45) is 11.3 Å². The Morgan fingerprint density at radius 3 is 2.92 bits per heavy atom. The molecule has 1 saturated carbocycles. The number of hydrogen-bond donors (Lipinski definition) is 0. The van der Waals surface area contributed by atoms with Crippen molar-refractivity contribution in [2.75, 3.05) is 26.3 Å². The van der Waals surface area contributed by atoms with Crippen molar-refractivity contribution in [3.05, 3.63) is 0 Å². The lowest BCUT2D eigenvalue weighted by atomic mass is 9.85. The Kier molecular flexibility index (Phi) is 2.59. The van der Waals surface area contributed by atoms with E-state index in [9.17, 15) is 4.39 Å². The molecule has 2 heteroatoms. The number of nitrogens with zero attached hydrogens (tertiary/aromatic N) is 1. The van der Waals surface area contributed by atoms with Gasteiger partial charge in [-0.2, -0.15) is 0 Å². The molecule has 0 N–H and O–H groups in total. The first-order valence-corrected chi connectivity index (χ1v) is 5.52. The highest BCUT2D eigenvalue weighted by atomic mass is 19.1. The maximum absolute atomic E-state index is 12.2. The quantitative estimate of drug-likeness (QED) is 0.639. The summed E-state index contributed by atoms with van der Waals surface area (Å²) in [7, 11) is 0. The molecule has 1 spiro atoms. The van der Waals surface area contributed by atoms with Crippen LogP contribution in [0.4, 0.5) is 4.39 Å². The number of hydrogen-bond acceptors (Lipinski definition) is 1. The molecule has 0 radical (unpaired) electrons. The summed E-state index contributed by atoms with van der Waals surface area (Å²) in [6.07, 6.45) is 5.48. The van der Waals surface area contributed by atoms with Crippen LogP contribution >= 0.6 is 0 Å². The van der Waals surface area contributed by atoms with Crippen molar-refractivity contribution >= 4 is 0 Å². The van der Waals surface area contributed by atoms with Crippen LogP contribution in [0.2, 0.25) is 0 Å². The molecule has 2 aliphatic rings. The summed E-state index contributed by atoms with van der Waals surface area (Å²) >= 11 is 0. The molecule has 1 aliphatic carbocycles. The molecular weight excluding hydrogens is 165 g/mol. The molecule has 0 aromatic carbocycles. The SMILES string of the molecule is CC1CCC2(CCN(CCF)C2)C1. The fraction of sp³-hybridized carbons (Fsp3) is 1.00. The van der Waals surface area contributed by atoms with Crippen molar-refractivity contribution in [2.45, 2.75) is 32.6 Å². The van der Waals surface area contributed by atoms with Gasteiger partial charge in [0.2, 0.25) is 0 Å². The normalized spacial score (nSPS) is 40.6. The van der Waals surface area contributed by atoms with Gasteiger partial charge in [0, 0.05) is 13.1 Å². The van der Waals surface area contributed by atoms with Crippen LogP contribution in [0, 0.1) is 11.3 Å². The minimum absolute atomic E-state index is 0.175. The summed E-state index contributed by atoms with van der Waals surface area (Å²) in [5.74, 6) is 0.908. The topological polar surface area (TPSA) is 3.24 Å². The van der Waals surface area contributed by atoms with E-state index in [1.54, 1.807) is 0 Å². The lowest BCUT2D eigenvalue weighted by molar-refractivity contribution is 0.241. The van der Waals surface area contributed by atoms with Crippen LogP contribution in [0.5, 0.6) is 0 Å². The lowest BCUT2D eigenvalue weighted by Crippen LogP contribution is -2.27. The highest BCUT2D eigenvalue weighted by Crippen LogP contribution is 2.47. The minimum atomic E-state index is -0.175. The largest absolute Gasteiger partial charge is 0.300 e. The summed E-state index contributed by atoms with van der Waals surface area (Å²) in [6, 6.07) is 0. The molecule has 0 aromatic rings. The Morgan fingerprint density at radius 2 is 2.31 bits per heavy atom. The van der Waals surface area contributed by atoms with E-state index >= 15 is 0 Å². The Labute approximate surface area is 80.3 Å². The number of halogens is 1. The van der Waals surface area contributed by atoms with Crippen LogP contribution in [-0.2, 0) is 0 Å². The van der Waals surface area contributed by atoms with Gasteiger partial charge in [-0.25, -0.2) is 4.39 Å². The molecule has 0 aromatic heterocycles. The second-order valence-electron chi connectivity index (χ2n) is 5.06. The Balaban J connectivity index is 1.89. The van der Waals surface area contributed by atoms with E-state index in [0.717, 1.165) is 12.5 Å². The van der Waals surface area contributed by atoms with Crippen LogP contribution in [-0.4, -0.2) is 31.2 Å². The summed E-state index contributed by atoms with van der Waals surface area (Å²) in [5, 5.41) is 0. The first kappa shape index (κ1) is 9.45. The fourth-order valence-corrected chi connectivity index (χ4v) is 3.20. The van der Waals surface area contributed by atoms with Gasteiger partial charge in [0.25, 0.3) is 0 Å². The standard InChI is InChI=1S/C11H20FN/c1-10-2-3-11(8-10)4-6-13(9-11)7-5-12/h10H,2-9H2,1H3. The predicted molar refractivity (Wildman–Crippen MR) is 52.5 cm³/mol. The molecule has 2 rings (SSSR count). The summed E-state index contributed by atoms with van der Waals surface area (Å²) < 4.78 is 12.2. The van der Waals surface area contributed by atoms with Crippen molar-refractivity contribution in [1.29, 1.82) is 0 Å². The zero-order chi connectivity index (χ0) is 9.31. The van der Waals surface area contributed by atoms with E-state index in [0.29, 0.717) is 12.0 Å². The third-order valence-electron chi connectivity index (χ3n) is 3.87. The van der Waals surface area contributed by atoms with Gasteiger partial charge in [-0.3, -0.25) is 0 Å². The Hall–Kier alpha value is -0.110. The van der Waals surface area contributed by atoms with Crippen molar-refractivity contribution in [3.8, 4) is 0 Å². The zero-order valence-electron chi connectivity index (χ0n) is 8.56. The van der Waals surface area contributed by atoms with Gasteiger partial charge >= 0.3 is 0 Å². The molecule has 2 unspecified atom stereocenters. The van der Waals surface area contributed by atoms with E-state index < -0.39 is 0 Å². The summed E-state index contributed by atoms with van der Waals surface area (Å²) in [6.45, 7) is 5.15. The summed E-state index contributed by atoms with van der Waals surface area (Å²) in [4.78, 5) is 2.30. The average molecular weight is 185 g/mol. The molecule has 1 heterocycles. The predicted octanol–water partition coefficient (Wildman–Crippen LogP) is 2.47. The van der Waals surface area contributed by atoms with Gasteiger partial charge in [-0.1, -0.05) is 13.3 Å². The van der Waals surface area contributed by atoms with Crippen LogP contribution < -0.4 is 0 Å². The van der Waals surface area contributed by atoms with Gasteiger partial charge in [-0.05, 0) is 37.1 Å². The minimum Gasteiger partial charge on any atom is -0.300 e. The van der Waals surface area contributed by atoms with Crippen LogP contribution in [0.1, 0.15) is 32.6 Å². The van der Waals surface area contributed by atoms with Crippen molar-refractivity contribution in [3.63, 3.8) is 0 Å². The summed E-state index contributed by atoms with van der Waals surface area (Å²) in [5.41, 5.74) is 0.592. The molecule has 2 fully saturated rings. The number of rotatable bonds is 2. The lowest BCUT2D eigenvalue weighted by Gasteiger charge is -2.23. The molecule has 76 valence electrons. The van der Waals surface area contributed by atoms with Crippen molar-refractivity contribution in [1.82, 2.24) is 4.90 Å². The first-order valence-electron chi connectivity index (χ1n) is 5.52. The van der Waals surface area contributed by atoms with Crippen molar-refractivity contribution < 1.29 is 4.39 Å². The second-order valence-corrected chi connectivity index (χ2v) is 5.06. The average Bonchev–Trinajstić information content (AvgIpc) is 2.62. The van der Waals surface area contributed by atoms with Gasteiger partial charge in [0.15, 0.2) is 0 Å². The molecule has 1 aliphatic heterocycles. The van der Waals surface area contributed by atoms with Gasteiger partial charge in [-0.15, -0.1) is 0 Å². The molecular formula is C11H20FN. The molecule has 13 heavy (non-hydrogen) atoms. The van der Waals surface area contributed by atoms with Crippen LogP contribution in [0.15, 0.2) is 0 Å². The van der Waals surface area contributed by atoms with Gasteiger partial charge in [0.1, 0.15) is 6.67 Å². The molecule has 1 nitrogen and oxygen atoms in total. The smallest absolute Gasteiger partial charge is 0.102 e. The molecule has 1 saturated heterocycles. The maximum atomic E-state index is 12.2. The van der Waals surface area contributed by atoms with Crippen LogP contribution in [0.3, 0.4) is 0 Å². The van der Waals surface area contributed by atoms with E-state index in [1.807, 2.05) is 0 Å². The second kappa shape index (κ2) is 3.56. The Morgan fingerprint density at radius 1 is 1.46 bits per heavy atom. The fourth-order valence-electron chi connectivity index (χ4n) is 3.20. The highest BCUT2D eigenvalue weighted by Gasteiger charge is 2.42. The van der Waals surface area contributed by atoms with E-state index in [2.05, 4.69) is 11.8 Å². The molecule has 0 bridgehead atoms. The first-order chi connectivity index (χ1) is 6.24. The Bertz CT molecular complexity index is 183. The third kappa shape index (κ3) is 1.88. The third-order valence-corrected chi connectivity index (χ3v) is 3.87. The zero-order valence-corrected chi connectivity index (χ0v) is 8.56. The maximum Gasteiger partial charge on any atom is 0.102 e. The van der Waals surface area contributed by atoms with Gasteiger partial charge in [0.05, 0.1) is 0 Å². The van der Waals surface area contributed by atoms with E-state index in [-0.39, 0.29) is 6.67 Å². The monoisotopic (exact) mass is 185 g/mol. The van der Waals surface area contributed by atoms with Crippen LogP contribution in [0.25, 0.3) is 0 Å². The number of likely N-dealkylation sites (tertiary alicyclic amines) is 1. The number of alkyl halides is 1. The molecule has 0 amide bonds. The highest BCUT2D eigenvalue weighted by molar-refractivity contribution is 4.95. The molecule has 2 atom stereocenters. The van der Waals surface area contributed by atoms with Gasteiger partial charge < -0.3 is 4.90 Å².